The predicted octanol–water partition coefficient (Wildman–Crippen LogP) is 7.44. The number of aliphatic imine (C=N–C) groups is 2. The van der Waals surface area contributed by atoms with E-state index in [4.69, 9.17) is 19.8 Å². The molecule has 192 valence electrons. The molecule has 7 rings (SSSR count). The summed E-state index contributed by atoms with van der Waals surface area (Å²) in [4.78, 5) is 13.9. The largest absolute Gasteiger partial charge is 0.494 e. The third-order valence-corrected chi connectivity index (χ3v) is 7.80. The first-order valence-electron chi connectivity index (χ1n) is 13.0. The fraction of sp³-hybridized carbons (Fsp3) is 0.129. The highest BCUT2D eigenvalue weighted by atomic mass is 32.1. The molecule has 39 heavy (non-hydrogen) atoms. The second-order valence-electron chi connectivity index (χ2n) is 9.32. The monoisotopic (exact) mass is 530 g/mol. The number of nitrogens with one attached hydrogen (secondary N) is 1. The molecule has 0 unspecified atom stereocenters. The molecule has 0 amide bonds. The van der Waals surface area contributed by atoms with Crippen LogP contribution in [0.2, 0.25) is 0 Å². The van der Waals surface area contributed by atoms with Gasteiger partial charge in [0.2, 0.25) is 0 Å². The summed E-state index contributed by atoms with van der Waals surface area (Å²) in [5, 5.41) is 10.7. The van der Waals surface area contributed by atoms with Crippen molar-refractivity contribution < 1.29 is 4.74 Å². The molecule has 0 fully saturated rings. The van der Waals surface area contributed by atoms with Gasteiger partial charge in [-0.25, -0.2) is 14.7 Å². The molecule has 4 heterocycles. The number of fused-ring (bicyclic) bond motifs is 4. The molecule has 0 radical (unpaired) electrons. The number of benzene rings is 3. The van der Waals surface area contributed by atoms with E-state index in [1.54, 1.807) is 11.3 Å². The summed E-state index contributed by atoms with van der Waals surface area (Å²) < 4.78 is 7.59. The van der Waals surface area contributed by atoms with Crippen molar-refractivity contribution in [3.05, 3.63) is 113 Å². The molecular formula is C31H26N6OS. The van der Waals surface area contributed by atoms with Crippen LogP contribution in [0.25, 0.3) is 5.69 Å². The predicted molar refractivity (Wildman–Crippen MR) is 159 cm³/mol. The van der Waals surface area contributed by atoms with E-state index in [-0.39, 0.29) is 6.04 Å². The van der Waals surface area contributed by atoms with Crippen molar-refractivity contribution in [2.45, 2.75) is 19.9 Å². The summed E-state index contributed by atoms with van der Waals surface area (Å²) in [5.41, 5.74) is 5.84. The lowest BCUT2D eigenvalue weighted by atomic mass is 9.98. The van der Waals surface area contributed by atoms with E-state index in [0.29, 0.717) is 12.4 Å². The van der Waals surface area contributed by atoms with Crippen LogP contribution in [0.1, 0.15) is 29.1 Å². The highest BCUT2D eigenvalue weighted by Crippen LogP contribution is 2.49. The fourth-order valence-electron chi connectivity index (χ4n) is 5.20. The summed E-state index contributed by atoms with van der Waals surface area (Å²) in [6.07, 6.45) is 0. The Bertz CT molecular complexity index is 1700. The average Bonchev–Trinajstić information content (AvgIpc) is 3.62. The summed E-state index contributed by atoms with van der Waals surface area (Å²) in [6, 6.07) is 30.5. The molecule has 7 nitrogen and oxygen atoms in total. The van der Waals surface area contributed by atoms with Gasteiger partial charge in [0.1, 0.15) is 11.8 Å². The van der Waals surface area contributed by atoms with Gasteiger partial charge in [-0.05, 0) is 73.8 Å². The minimum absolute atomic E-state index is 0.0984. The molecule has 0 aliphatic carbocycles. The number of aromatic nitrogens is 2. The Balaban J connectivity index is 1.43. The van der Waals surface area contributed by atoms with Crippen LogP contribution in [0.5, 0.6) is 5.75 Å². The van der Waals surface area contributed by atoms with Crippen molar-refractivity contribution in [1.29, 1.82) is 0 Å². The molecule has 1 N–H and O–H groups in total. The van der Waals surface area contributed by atoms with Gasteiger partial charge in [0.05, 0.1) is 29.4 Å². The smallest absolute Gasteiger partial charge is 0.179 e. The lowest BCUT2D eigenvalue weighted by Crippen LogP contribution is -2.46. The summed E-state index contributed by atoms with van der Waals surface area (Å²) in [6.45, 7) is 4.68. The van der Waals surface area contributed by atoms with Gasteiger partial charge < -0.3 is 15.0 Å². The van der Waals surface area contributed by atoms with Crippen LogP contribution in [0.4, 0.5) is 22.9 Å². The van der Waals surface area contributed by atoms with E-state index < -0.39 is 0 Å². The lowest BCUT2D eigenvalue weighted by Gasteiger charge is -2.40. The fourth-order valence-corrected chi connectivity index (χ4v) is 6.02. The number of nitrogens with zero attached hydrogens (tertiary/aromatic N) is 5. The second-order valence-corrected chi connectivity index (χ2v) is 10.3. The number of thiophene rings is 1. The quantitative estimate of drug-likeness (QED) is 0.256. The van der Waals surface area contributed by atoms with Crippen molar-refractivity contribution in [3.8, 4) is 11.4 Å². The summed E-state index contributed by atoms with van der Waals surface area (Å²) in [5.74, 6) is 3.10. The first-order chi connectivity index (χ1) is 19.2. The standard InChI is InChI=1S/C31H26N6OS/c1-3-38-23-17-15-21(16-18-23)32-29-31-34-30-27(20(2)35-37(30)22-10-5-4-6-11-22)28(26-14-9-19-39-26)36(31)25-13-8-7-12-24(25)33-29/h4-19,28H,3H2,1-2H3,(H,32,33)/t28-/m0/s1. The zero-order valence-electron chi connectivity index (χ0n) is 21.6. The van der Waals surface area contributed by atoms with Gasteiger partial charge in [-0.3, -0.25) is 0 Å². The Morgan fingerprint density at radius 2 is 1.69 bits per heavy atom. The van der Waals surface area contributed by atoms with E-state index >= 15 is 0 Å². The van der Waals surface area contributed by atoms with Gasteiger partial charge in [-0.1, -0.05) is 36.4 Å². The SMILES string of the molecule is CCOc1ccc(NC2=Nc3ccccc3N3C2=Nc2c(c(C)nn2-c2ccccc2)[C@@H]3c2cccs2)cc1. The van der Waals surface area contributed by atoms with Gasteiger partial charge >= 0.3 is 0 Å². The Labute approximate surface area is 230 Å². The van der Waals surface area contributed by atoms with Crippen molar-refractivity contribution in [2.24, 2.45) is 9.98 Å². The van der Waals surface area contributed by atoms with Crippen LogP contribution < -0.4 is 15.0 Å². The third-order valence-electron chi connectivity index (χ3n) is 6.88. The molecule has 8 heteroatoms. The number of para-hydroxylation sites is 3. The van der Waals surface area contributed by atoms with Gasteiger partial charge in [-0.15, -0.1) is 11.3 Å². The molecule has 0 bridgehead atoms. The van der Waals surface area contributed by atoms with Gasteiger partial charge in [0.15, 0.2) is 17.5 Å². The molecule has 2 aromatic heterocycles. The molecule has 2 aliphatic heterocycles. The van der Waals surface area contributed by atoms with Crippen LogP contribution in [0.3, 0.4) is 0 Å². The highest BCUT2D eigenvalue weighted by Gasteiger charge is 2.41. The molecule has 0 saturated carbocycles. The van der Waals surface area contributed by atoms with Crippen LogP contribution >= 0.6 is 11.3 Å². The summed E-state index contributed by atoms with van der Waals surface area (Å²) in [7, 11) is 0. The first kappa shape index (κ1) is 23.4. The molecule has 1 atom stereocenters. The van der Waals surface area contributed by atoms with Crippen LogP contribution in [-0.4, -0.2) is 28.1 Å². The van der Waals surface area contributed by atoms with E-state index in [9.17, 15) is 0 Å². The number of amidine groups is 2. The topological polar surface area (TPSA) is 67.0 Å². The number of anilines is 2. The van der Waals surface area contributed by atoms with Crippen LogP contribution in [-0.2, 0) is 0 Å². The van der Waals surface area contributed by atoms with E-state index in [1.165, 1.54) is 4.88 Å². The maximum absolute atomic E-state index is 5.64. The van der Waals surface area contributed by atoms with Crippen molar-refractivity contribution >= 4 is 45.9 Å². The second kappa shape index (κ2) is 9.56. The van der Waals surface area contributed by atoms with Crippen molar-refractivity contribution in [2.75, 3.05) is 16.8 Å². The number of rotatable bonds is 5. The minimum atomic E-state index is -0.0984. The molecular weight excluding hydrogens is 504 g/mol. The Morgan fingerprint density at radius 3 is 2.46 bits per heavy atom. The van der Waals surface area contributed by atoms with Crippen molar-refractivity contribution in [3.63, 3.8) is 0 Å². The molecule has 2 aliphatic rings. The van der Waals surface area contributed by atoms with Crippen molar-refractivity contribution in [1.82, 2.24) is 9.78 Å². The average molecular weight is 531 g/mol. The molecule has 0 saturated heterocycles. The Kier molecular flexibility index (Phi) is 5.74. The van der Waals surface area contributed by atoms with E-state index in [2.05, 4.69) is 58.9 Å². The number of ether oxygens (including phenoxy) is 1. The Morgan fingerprint density at radius 1 is 0.897 bits per heavy atom. The molecule has 0 spiro atoms. The van der Waals surface area contributed by atoms with Gasteiger partial charge in [0, 0.05) is 16.1 Å². The lowest BCUT2D eigenvalue weighted by molar-refractivity contribution is 0.340. The number of hydrogen-bond acceptors (Lipinski definition) is 7. The van der Waals surface area contributed by atoms with Crippen LogP contribution in [0, 0.1) is 6.92 Å². The maximum atomic E-state index is 5.64. The zero-order chi connectivity index (χ0) is 26.3. The Hall–Kier alpha value is -4.69. The number of hydrogen-bond donors (Lipinski definition) is 1. The van der Waals surface area contributed by atoms with Gasteiger partial charge in [-0.2, -0.15) is 5.10 Å². The summed E-state index contributed by atoms with van der Waals surface area (Å²) >= 11 is 1.74. The minimum Gasteiger partial charge on any atom is -0.494 e. The zero-order valence-corrected chi connectivity index (χ0v) is 22.4. The normalized spacial score (nSPS) is 15.5. The third kappa shape index (κ3) is 4.00. The highest BCUT2D eigenvalue weighted by molar-refractivity contribution is 7.10. The van der Waals surface area contributed by atoms with E-state index in [1.807, 2.05) is 66.2 Å². The maximum Gasteiger partial charge on any atom is 0.179 e. The van der Waals surface area contributed by atoms with Gasteiger partial charge in [0.25, 0.3) is 0 Å². The van der Waals surface area contributed by atoms with Crippen LogP contribution in [0.15, 0.2) is 106 Å². The molecule has 3 aromatic carbocycles. The number of aryl methyl sites for hydroxylation is 1. The molecule has 5 aromatic rings. The van der Waals surface area contributed by atoms with E-state index in [0.717, 1.165) is 51.4 Å². The first-order valence-corrected chi connectivity index (χ1v) is 13.8.